The van der Waals surface area contributed by atoms with E-state index in [9.17, 15) is 9.90 Å². The van der Waals surface area contributed by atoms with Crippen LogP contribution in [0, 0.1) is 19.3 Å². The van der Waals surface area contributed by atoms with Gasteiger partial charge in [0.1, 0.15) is 0 Å². The highest BCUT2D eigenvalue weighted by molar-refractivity contribution is 5.77. The zero-order chi connectivity index (χ0) is 16.5. The molecule has 0 fully saturated rings. The van der Waals surface area contributed by atoms with Crippen LogP contribution in [0.25, 0.3) is 0 Å². The van der Waals surface area contributed by atoms with E-state index < -0.39 is 6.10 Å². The Morgan fingerprint density at radius 2 is 2.00 bits per heavy atom. The van der Waals surface area contributed by atoms with Crippen LogP contribution in [0.15, 0.2) is 12.1 Å². The van der Waals surface area contributed by atoms with Crippen molar-refractivity contribution in [3.63, 3.8) is 0 Å². The molecule has 1 atom stereocenters. The summed E-state index contributed by atoms with van der Waals surface area (Å²) in [6.45, 7) is 11.9. The van der Waals surface area contributed by atoms with Crippen molar-refractivity contribution in [3.05, 3.63) is 34.4 Å². The normalized spacial score (nSPS) is 16.4. The summed E-state index contributed by atoms with van der Waals surface area (Å²) in [5.74, 6) is 0.0709. The maximum absolute atomic E-state index is 12.4. The molecule has 1 aliphatic rings. The highest BCUT2D eigenvalue weighted by Crippen LogP contribution is 2.26. The summed E-state index contributed by atoms with van der Waals surface area (Å²) in [6.07, 6.45) is 1.26. The molecule has 0 saturated carbocycles. The second kappa shape index (κ2) is 6.41. The second-order valence-electron chi connectivity index (χ2n) is 7.91. The molecule has 122 valence electrons. The van der Waals surface area contributed by atoms with Crippen LogP contribution in [0.5, 0.6) is 0 Å². The third kappa shape index (κ3) is 4.33. The second-order valence-corrected chi connectivity index (χ2v) is 7.91. The van der Waals surface area contributed by atoms with Crippen LogP contribution in [0.3, 0.4) is 0 Å². The van der Waals surface area contributed by atoms with E-state index >= 15 is 0 Å². The van der Waals surface area contributed by atoms with Gasteiger partial charge in [0, 0.05) is 13.1 Å². The number of hydrogen-bond acceptors (Lipinski definition) is 2. The molecule has 1 aliphatic heterocycles. The lowest BCUT2D eigenvalue weighted by atomic mass is 9.88. The Balaban J connectivity index is 2.01. The van der Waals surface area contributed by atoms with E-state index in [0.29, 0.717) is 13.0 Å². The van der Waals surface area contributed by atoms with Crippen LogP contribution in [0.1, 0.15) is 55.9 Å². The average molecular weight is 303 g/mol. The van der Waals surface area contributed by atoms with Crippen molar-refractivity contribution in [2.24, 2.45) is 5.41 Å². The van der Waals surface area contributed by atoms with Crippen LogP contribution in [-0.2, 0) is 17.8 Å². The molecule has 3 nitrogen and oxygen atoms in total. The predicted octanol–water partition coefficient (Wildman–Crippen LogP) is 3.38. The third-order valence-corrected chi connectivity index (χ3v) is 4.31. The Kier molecular flexibility index (Phi) is 4.96. The summed E-state index contributed by atoms with van der Waals surface area (Å²) in [7, 11) is 0. The predicted molar refractivity (Wildman–Crippen MR) is 89.7 cm³/mol. The summed E-state index contributed by atoms with van der Waals surface area (Å²) in [6, 6.07) is 4.40. The summed E-state index contributed by atoms with van der Waals surface area (Å²) in [4.78, 5) is 14.3. The van der Waals surface area contributed by atoms with Gasteiger partial charge in [-0.15, -0.1) is 0 Å². The Bertz CT molecular complexity index is 557. The van der Waals surface area contributed by atoms with Crippen LogP contribution < -0.4 is 0 Å². The number of aliphatic hydroxyl groups excluding tert-OH is 1. The number of amides is 1. The number of aliphatic hydroxyl groups is 1. The molecule has 0 spiro atoms. The molecule has 0 saturated heterocycles. The van der Waals surface area contributed by atoms with Crippen molar-refractivity contribution in [3.8, 4) is 0 Å². The van der Waals surface area contributed by atoms with Gasteiger partial charge in [-0.05, 0) is 48.8 Å². The van der Waals surface area contributed by atoms with Gasteiger partial charge in [0.25, 0.3) is 0 Å². The molecule has 0 bridgehead atoms. The molecule has 0 radical (unpaired) electrons. The highest BCUT2D eigenvalue weighted by Gasteiger charge is 2.25. The Labute approximate surface area is 134 Å². The Morgan fingerprint density at radius 3 is 2.64 bits per heavy atom. The van der Waals surface area contributed by atoms with E-state index in [1.54, 1.807) is 0 Å². The smallest absolute Gasteiger partial charge is 0.225 e. The molecule has 2 rings (SSSR count). The molecule has 1 heterocycles. The Hall–Kier alpha value is -1.35. The van der Waals surface area contributed by atoms with Crippen LogP contribution in [0.4, 0.5) is 0 Å². The van der Waals surface area contributed by atoms with Crippen LogP contribution >= 0.6 is 0 Å². The number of benzene rings is 1. The van der Waals surface area contributed by atoms with E-state index in [-0.39, 0.29) is 17.7 Å². The molecule has 0 aromatic heterocycles. The molecular formula is C19H29NO2. The van der Waals surface area contributed by atoms with Crippen molar-refractivity contribution >= 4 is 5.91 Å². The van der Waals surface area contributed by atoms with Gasteiger partial charge in [0.05, 0.1) is 12.5 Å². The standard InChI is InChI=1S/C19H29NO2/c1-13-8-14(2)17-6-7-20(12-15(17)9-13)18(22)10-16(21)11-19(3,4)5/h8-9,16,21H,6-7,10-12H2,1-5H3/t16-/m1/s1. The van der Waals surface area contributed by atoms with Crippen molar-refractivity contribution in [2.75, 3.05) is 6.54 Å². The van der Waals surface area contributed by atoms with Gasteiger partial charge in [-0.2, -0.15) is 0 Å². The first-order valence-corrected chi connectivity index (χ1v) is 8.20. The van der Waals surface area contributed by atoms with E-state index in [4.69, 9.17) is 0 Å². The molecule has 0 unspecified atom stereocenters. The Morgan fingerprint density at radius 1 is 1.32 bits per heavy atom. The van der Waals surface area contributed by atoms with Crippen molar-refractivity contribution in [1.82, 2.24) is 4.90 Å². The topological polar surface area (TPSA) is 40.5 Å². The van der Waals surface area contributed by atoms with Gasteiger partial charge in [-0.3, -0.25) is 4.79 Å². The van der Waals surface area contributed by atoms with E-state index in [1.165, 1.54) is 22.3 Å². The van der Waals surface area contributed by atoms with Gasteiger partial charge in [0.15, 0.2) is 0 Å². The number of carbonyl (C=O) groups excluding carboxylic acids is 1. The lowest BCUT2D eigenvalue weighted by Gasteiger charge is -2.31. The SMILES string of the molecule is Cc1cc(C)c2c(c1)CN(C(=O)C[C@@H](O)CC(C)(C)C)CC2. The maximum atomic E-state index is 12.4. The monoisotopic (exact) mass is 303 g/mol. The summed E-state index contributed by atoms with van der Waals surface area (Å²) in [5.41, 5.74) is 5.28. The average Bonchev–Trinajstić information content (AvgIpc) is 2.35. The fraction of sp³-hybridized carbons (Fsp3) is 0.632. The van der Waals surface area contributed by atoms with E-state index in [2.05, 4.69) is 46.8 Å². The molecule has 3 heteroatoms. The van der Waals surface area contributed by atoms with Gasteiger partial charge in [0.2, 0.25) is 5.91 Å². The zero-order valence-corrected chi connectivity index (χ0v) is 14.6. The van der Waals surface area contributed by atoms with Crippen molar-refractivity contribution in [2.45, 2.75) is 66.5 Å². The molecule has 1 aromatic rings. The van der Waals surface area contributed by atoms with Crippen LogP contribution in [0.2, 0.25) is 0 Å². The minimum absolute atomic E-state index is 0.0441. The number of aryl methyl sites for hydroxylation is 2. The summed E-state index contributed by atoms with van der Waals surface area (Å²) < 4.78 is 0. The van der Waals surface area contributed by atoms with Gasteiger partial charge in [-0.25, -0.2) is 0 Å². The van der Waals surface area contributed by atoms with Gasteiger partial charge >= 0.3 is 0 Å². The fourth-order valence-electron chi connectivity index (χ4n) is 3.44. The lowest BCUT2D eigenvalue weighted by molar-refractivity contribution is -0.134. The molecule has 22 heavy (non-hydrogen) atoms. The number of nitrogens with zero attached hydrogens (tertiary/aromatic N) is 1. The third-order valence-electron chi connectivity index (χ3n) is 4.31. The first-order chi connectivity index (χ1) is 10.2. The molecule has 0 aliphatic carbocycles. The first-order valence-electron chi connectivity index (χ1n) is 8.20. The van der Waals surface area contributed by atoms with Crippen LogP contribution in [-0.4, -0.2) is 28.6 Å². The molecular weight excluding hydrogens is 274 g/mol. The maximum Gasteiger partial charge on any atom is 0.225 e. The number of fused-ring (bicyclic) bond motifs is 1. The van der Waals surface area contributed by atoms with E-state index in [1.807, 2.05) is 4.90 Å². The number of rotatable bonds is 3. The van der Waals surface area contributed by atoms with Crippen molar-refractivity contribution in [1.29, 1.82) is 0 Å². The molecule has 1 amide bonds. The number of carbonyl (C=O) groups is 1. The summed E-state index contributed by atoms with van der Waals surface area (Å²) >= 11 is 0. The van der Waals surface area contributed by atoms with Crippen molar-refractivity contribution < 1.29 is 9.90 Å². The zero-order valence-electron chi connectivity index (χ0n) is 14.6. The largest absolute Gasteiger partial charge is 0.393 e. The highest BCUT2D eigenvalue weighted by atomic mass is 16.3. The lowest BCUT2D eigenvalue weighted by Crippen LogP contribution is -2.38. The summed E-state index contributed by atoms with van der Waals surface area (Å²) in [5, 5.41) is 10.1. The van der Waals surface area contributed by atoms with E-state index in [0.717, 1.165) is 13.0 Å². The molecule has 1 N–H and O–H groups in total. The quantitative estimate of drug-likeness (QED) is 0.930. The first kappa shape index (κ1) is 17.0. The van der Waals surface area contributed by atoms with Gasteiger partial charge in [-0.1, -0.05) is 38.5 Å². The molecule has 1 aromatic carbocycles. The minimum Gasteiger partial charge on any atom is -0.393 e. The minimum atomic E-state index is -0.548. The fourth-order valence-corrected chi connectivity index (χ4v) is 3.44. The van der Waals surface area contributed by atoms with Gasteiger partial charge < -0.3 is 10.0 Å². The number of hydrogen-bond donors (Lipinski definition) is 1.